The van der Waals surface area contributed by atoms with E-state index in [0.29, 0.717) is 17.1 Å². The number of hydrogen-bond acceptors (Lipinski definition) is 4. The first kappa shape index (κ1) is 15.6. The summed E-state index contributed by atoms with van der Waals surface area (Å²) in [6, 6.07) is 12.6. The fourth-order valence-corrected chi connectivity index (χ4v) is 2.01. The van der Waals surface area contributed by atoms with Crippen LogP contribution in [-0.2, 0) is 0 Å². The smallest absolute Gasteiger partial charge is 0.189 e. The average molecular weight is 298 g/mol. The topological polar surface area (TPSA) is 44.8 Å². The summed E-state index contributed by atoms with van der Waals surface area (Å²) < 4.78 is 15.5. The van der Waals surface area contributed by atoms with Crippen LogP contribution in [0.3, 0.4) is 0 Å². The van der Waals surface area contributed by atoms with Gasteiger partial charge >= 0.3 is 0 Å². The average Bonchev–Trinajstić information content (AvgIpc) is 2.59. The molecular formula is C18H18O4. The second kappa shape index (κ2) is 7.31. The number of methoxy groups -OCH3 is 3. The summed E-state index contributed by atoms with van der Waals surface area (Å²) in [5.74, 6) is 1.74. The Morgan fingerprint density at radius 2 is 1.64 bits per heavy atom. The van der Waals surface area contributed by atoms with Crippen molar-refractivity contribution in [3.63, 3.8) is 0 Å². The van der Waals surface area contributed by atoms with Gasteiger partial charge in [-0.2, -0.15) is 0 Å². The standard InChI is InChI=1S/C18H18O4/c1-20-14-6-4-5-13(11-14)7-10-17(19)16-9-8-15(21-2)12-18(16)22-3/h4-12H,1-3H3. The van der Waals surface area contributed by atoms with Crippen molar-refractivity contribution in [2.45, 2.75) is 0 Å². The van der Waals surface area contributed by atoms with Gasteiger partial charge in [-0.15, -0.1) is 0 Å². The van der Waals surface area contributed by atoms with Crippen LogP contribution >= 0.6 is 0 Å². The van der Waals surface area contributed by atoms with Crippen LogP contribution in [0, 0.1) is 0 Å². The Balaban J connectivity index is 2.22. The Hall–Kier alpha value is -2.75. The van der Waals surface area contributed by atoms with Crippen LogP contribution in [0.5, 0.6) is 17.2 Å². The molecule has 0 aliphatic heterocycles. The van der Waals surface area contributed by atoms with Crippen LogP contribution in [0.1, 0.15) is 15.9 Å². The predicted molar refractivity (Wildman–Crippen MR) is 85.9 cm³/mol. The van der Waals surface area contributed by atoms with Gasteiger partial charge in [0.2, 0.25) is 0 Å². The summed E-state index contributed by atoms with van der Waals surface area (Å²) in [6.45, 7) is 0. The van der Waals surface area contributed by atoms with Crippen molar-refractivity contribution in [2.75, 3.05) is 21.3 Å². The van der Waals surface area contributed by atoms with Crippen LogP contribution in [0.4, 0.5) is 0 Å². The molecule has 2 aromatic carbocycles. The first-order valence-electron chi connectivity index (χ1n) is 6.76. The van der Waals surface area contributed by atoms with E-state index < -0.39 is 0 Å². The fourth-order valence-electron chi connectivity index (χ4n) is 2.01. The normalized spacial score (nSPS) is 10.5. The zero-order chi connectivity index (χ0) is 15.9. The van der Waals surface area contributed by atoms with Gasteiger partial charge in [0.15, 0.2) is 5.78 Å². The van der Waals surface area contributed by atoms with Crippen LogP contribution in [0.25, 0.3) is 6.08 Å². The second-order valence-electron chi connectivity index (χ2n) is 4.54. The van der Waals surface area contributed by atoms with E-state index in [4.69, 9.17) is 14.2 Å². The van der Waals surface area contributed by atoms with Gasteiger partial charge in [0.05, 0.1) is 26.9 Å². The van der Waals surface area contributed by atoms with E-state index in [2.05, 4.69) is 0 Å². The molecule has 0 amide bonds. The van der Waals surface area contributed by atoms with E-state index >= 15 is 0 Å². The van der Waals surface area contributed by atoms with Crippen molar-refractivity contribution in [2.24, 2.45) is 0 Å². The Bertz CT molecular complexity index is 689. The van der Waals surface area contributed by atoms with Crippen LogP contribution in [0.15, 0.2) is 48.5 Å². The quantitative estimate of drug-likeness (QED) is 0.603. The van der Waals surface area contributed by atoms with Gasteiger partial charge in [0.25, 0.3) is 0 Å². The lowest BCUT2D eigenvalue weighted by Crippen LogP contribution is -1.99. The number of hydrogen-bond donors (Lipinski definition) is 0. The molecule has 0 saturated heterocycles. The highest BCUT2D eigenvalue weighted by molar-refractivity contribution is 6.08. The van der Waals surface area contributed by atoms with Gasteiger partial charge in [-0.05, 0) is 35.9 Å². The van der Waals surface area contributed by atoms with E-state index in [9.17, 15) is 4.79 Å². The molecule has 2 rings (SSSR count). The summed E-state index contributed by atoms with van der Waals surface area (Å²) in [5.41, 5.74) is 1.38. The second-order valence-corrected chi connectivity index (χ2v) is 4.54. The molecule has 0 aliphatic rings. The van der Waals surface area contributed by atoms with Gasteiger partial charge in [0, 0.05) is 6.07 Å². The third-order valence-corrected chi connectivity index (χ3v) is 3.20. The van der Waals surface area contributed by atoms with E-state index in [1.165, 1.54) is 13.2 Å². The maximum absolute atomic E-state index is 12.3. The van der Waals surface area contributed by atoms with E-state index in [1.807, 2.05) is 24.3 Å². The fraction of sp³-hybridized carbons (Fsp3) is 0.167. The van der Waals surface area contributed by atoms with E-state index in [-0.39, 0.29) is 5.78 Å². The zero-order valence-electron chi connectivity index (χ0n) is 12.8. The molecule has 22 heavy (non-hydrogen) atoms. The van der Waals surface area contributed by atoms with Gasteiger partial charge in [-0.3, -0.25) is 4.79 Å². The van der Waals surface area contributed by atoms with Crippen molar-refractivity contribution in [1.29, 1.82) is 0 Å². The number of ether oxygens (including phenoxy) is 3. The Morgan fingerprint density at radius 1 is 0.909 bits per heavy atom. The van der Waals surface area contributed by atoms with Crippen LogP contribution in [0.2, 0.25) is 0 Å². The number of carbonyl (C=O) groups is 1. The van der Waals surface area contributed by atoms with E-state index in [1.54, 1.807) is 38.5 Å². The minimum Gasteiger partial charge on any atom is -0.497 e. The summed E-state index contributed by atoms with van der Waals surface area (Å²) in [6.07, 6.45) is 3.26. The molecular weight excluding hydrogens is 280 g/mol. The largest absolute Gasteiger partial charge is 0.497 e. The maximum Gasteiger partial charge on any atom is 0.189 e. The molecule has 0 aliphatic carbocycles. The molecule has 0 aromatic heterocycles. The van der Waals surface area contributed by atoms with Gasteiger partial charge < -0.3 is 14.2 Å². The molecule has 0 spiro atoms. The molecule has 0 fully saturated rings. The molecule has 0 saturated carbocycles. The molecule has 0 N–H and O–H groups in total. The number of allylic oxidation sites excluding steroid dienone is 1. The lowest BCUT2D eigenvalue weighted by atomic mass is 10.1. The Labute approximate surface area is 129 Å². The summed E-state index contributed by atoms with van der Waals surface area (Å²) in [4.78, 5) is 12.3. The molecule has 0 unspecified atom stereocenters. The SMILES string of the molecule is COc1cccc(C=CC(=O)c2ccc(OC)cc2OC)c1. The number of benzene rings is 2. The molecule has 0 bridgehead atoms. The van der Waals surface area contributed by atoms with Gasteiger partial charge in [0.1, 0.15) is 17.2 Å². The summed E-state index contributed by atoms with van der Waals surface area (Å²) >= 11 is 0. The molecule has 0 radical (unpaired) electrons. The van der Waals surface area contributed by atoms with Crippen LogP contribution in [-0.4, -0.2) is 27.1 Å². The molecule has 114 valence electrons. The van der Waals surface area contributed by atoms with Crippen molar-refractivity contribution < 1.29 is 19.0 Å². The van der Waals surface area contributed by atoms with Crippen molar-refractivity contribution in [3.8, 4) is 17.2 Å². The lowest BCUT2D eigenvalue weighted by Gasteiger charge is -2.08. The number of rotatable bonds is 6. The van der Waals surface area contributed by atoms with Crippen LogP contribution < -0.4 is 14.2 Å². The minimum absolute atomic E-state index is 0.137. The highest BCUT2D eigenvalue weighted by atomic mass is 16.5. The zero-order valence-corrected chi connectivity index (χ0v) is 12.8. The van der Waals surface area contributed by atoms with Crippen molar-refractivity contribution >= 4 is 11.9 Å². The van der Waals surface area contributed by atoms with Gasteiger partial charge in [-0.1, -0.05) is 18.2 Å². The summed E-state index contributed by atoms with van der Waals surface area (Å²) in [7, 11) is 4.70. The maximum atomic E-state index is 12.3. The molecule has 4 heteroatoms. The molecule has 0 atom stereocenters. The van der Waals surface area contributed by atoms with Crippen molar-refractivity contribution in [1.82, 2.24) is 0 Å². The number of ketones is 1. The predicted octanol–water partition coefficient (Wildman–Crippen LogP) is 3.61. The Morgan fingerprint density at radius 3 is 2.32 bits per heavy atom. The third-order valence-electron chi connectivity index (χ3n) is 3.20. The monoisotopic (exact) mass is 298 g/mol. The van der Waals surface area contributed by atoms with Gasteiger partial charge in [-0.25, -0.2) is 0 Å². The Kier molecular flexibility index (Phi) is 5.20. The highest BCUT2D eigenvalue weighted by Crippen LogP contribution is 2.25. The molecule has 4 nitrogen and oxygen atoms in total. The molecule has 2 aromatic rings. The highest BCUT2D eigenvalue weighted by Gasteiger charge is 2.10. The summed E-state index contributed by atoms with van der Waals surface area (Å²) in [5, 5.41) is 0. The minimum atomic E-state index is -0.137. The molecule has 0 heterocycles. The van der Waals surface area contributed by atoms with Crippen molar-refractivity contribution in [3.05, 3.63) is 59.7 Å². The van der Waals surface area contributed by atoms with E-state index in [0.717, 1.165) is 11.3 Å². The lowest BCUT2D eigenvalue weighted by molar-refractivity contribution is 0.104. The first-order chi connectivity index (χ1) is 10.7. The first-order valence-corrected chi connectivity index (χ1v) is 6.76. The number of carbonyl (C=O) groups excluding carboxylic acids is 1. The third kappa shape index (κ3) is 3.67.